The number of β-amino-alcohol motifs (C(OH)–C–C–N with tert-alkyl or cyclic N) is 1. The first-order chi connectivity index (χ1) is 9.23. The van der Waals surface area contributed by atoms with E-state index >= 15 is 0 Å². The van der Waals surface area contributed by atoms with Crippen LogP contribution in [0.3, 0.4) is 0 Å². The topological polar surface area (TPSA) is 94.9 Å². The second kappa shape index (κ2) is 5.28. The van der Waals surface area contributed by atoms with Crippen LogP contribution in [0.1, 0.15) is 6.42 Å². The highest BCUT2D eigenvalue weighted by Gasteiger charge is 2.44. The van der Waals surface area contributed by atoms with E-state index in [1.807, 2.05) is 0 Å². The molecule has 0 aromatic heterocycles. The standard InChI is InChI=1S/C11H11ClFNO5S/c12-8-3-6(13)1-2-10(8)20(18,19)14-5-7(15)4-9(14)11(16)17/h1-3,7,9,15H,4-5H2,(H,16,17)/t7-,9-/m0/s1. The molecule has 1 aromatic carbocycles. The van der Waals surface area contributed by atoms with Gasteiger partial charge in [-0.15, -0.1) is 0 Å². The number of carbonyl (C=O) groups is 1. The summed E-state index contributed by atoms with van der Waals surface area (Å²) >= 11 is 5.70. The average Bonchev–Trinajstić information content (AvgIpc) is 2.71. The molecule has 1 fully saturated rings. The summed E-state index contributed by atoms with van der Waals surface area (Å²) in [6.45, 7) is -0.340. The van der Waals surface area contributed by atoms with Crippen molar-refractivity contribution >= 4 is 27.6 Å². The molecule has 0 radical (unpaired) electrons. The monoisotopic (exact) mass is 323 g/mol. The molecular formula is C11H11ClFNO5S. The van der Waals surface area contributed by atoms with Crippen molar-refractivity contribution in [3.05, 3.63) is 29.0 Å². The predicted molar refractivity (Wildman–Crippen MR) is 67.3 cm³/mol. The molecule has 110 valence electrons. The van der Waals surface area contributed by atoms with Crippen LogP contribution in [-0.4, -0.2) is 47.6 Å². The number of rotatable bonds is 3. The van der Waals surface area contributed by atoms with Crippen LogP contribution in [0.2, 0.25) is 5.02 Å². The predicted octanol–water partition coefficient (Wildman–Crippen LogP) is 0.688. The summed E-state index contributed by atoms with van der Waals surface area (Å²) in [5.41, 5.74) is 0. The number of aliphatic hydroxyl groups excluding tert-OH is 1. The Morgan fingerprint density at radius 1 is 1.45 bits per heavy atom. The van der Waals surface area contributed by atoms with Gasteiger partial charge in [-0.05, 0) is 18.2 Å². The number of hydrogen-bond acceptors (Lipinski definition) is 4. The number of aliphatic hydroxyl groups is 1. The van der Waals surface area contributed by atoms with Crippen molar-refractivity contribution in [2.75, 3.05) is 6.54 Å². The lowest BCUT2D eigenvalue weighted by Gasteiger charge is -2.21. The van der Waals surface area contributed by atoms with Gasteiger partial charge in [0.1, 0.15) is 16.8 Å². The molecule has 9 heteroatoms. The summed E-state index contributed by atoms with van der Waals surface area (Å²) in [5, 5.41) is 18.2. The Morgan fingerprint density at radius 2 is 2.10 bits per heavy atom. The summed E-state index contributed by atoms with van der Waals surface area (Å²) in [5.74, 6) is -2.06. The van der Waals surface area contributed by atoms with Gasteiger partial charge in [-0.3, -0.25) is 4.79 Å². The fourth-order valence-corrected chi connectivity index (χ4v) is 4.22. The summed E-state index contributed by atoms with van der Waals surface area (Å²) in [7, 11) is -4.22. The van der Waals surface area contributed by atoms with Crippen molar-refractivity contribution in [2.45, 2.75) is 23.5 Å². The van der Waals surface area contributed by atoms with E-state index < -0.39 is 34.0 Å². The van der Waals surface area contributed by atoms with Crippen LogP contribution < -0.4 is 0 Å². The van der Waals surface area contributed by atoms with Gasteiger partial charge >= 0.3 is 5.97 Å². The van der Waals surface area contributed by atoms with Crippen LogP contribution in [-0.2, 0) is 14.8 Å². The van der Waals surface area contributed by atoms with Crippen LogP contribution in [0.25, 0.3) is 0 Å². The Balaban J connectivity index is 2.46. The first-order valence-corrected chi connectivity index (χ1v) is 7.43. The molecular weight excluding hydrogens is 313 g/mol. The SMILES string of the molecule is O=C(O)[C@@H]1C[C@H](O)CN1S(=O)(=O)c1ccc(F)cc1Cl. The third-order valence-corrected chi connectivity index (χ3v) is 5.36. The van der Waals surface area contributed by atoms with Gasteiger partial charge < -0.3 is 10.2 Å². The molecule has 1 saturated heterocycles. The number of aliphatic carboxylic acids is 1. The van der Waals surface area contributed by atoms with E-state index in [0.717, 1.165) is 18.2 Å². The maximum atomic E-state index is 13.0. The molecule has 0 spiro atoms. The average molecular weight is 324 g/mol. The summed E-state index contributed by atoms with van der Waals surface area (Å²) in [6, 6.07) is 1.35. The minimum atomic E-state index is -4.22. The third kappa shape index (κ3) is 2.64. The van der Waals surface area contributed by atoms with Gasteiger partial charge in [-0.25, -0.2) is 12.8 Å². The fourth-order valence-electron chi connectivity index (χ4n) is 2.09. The van der Waals surface area contributed by atoms with Crippen LogP contribution in [0.15, 0.2) is 23.1 Å². The zero-order valence-electron chi connectivity index (χ0n) is 10.0. The number of carboxylic acids is 1. The highest BCUT2D eigenvalue weighted by Crippen LogP contribution is 2.30. The summed E-state index contributed by atoms with van der Waals surface area (Å²) < 4.78 is 38.4. The number of carboxylic acid groups (broad SMARTS) is 1. The number of sulfonamides is 1. The number of hydrogen-bond donors (Lipinski definition) is 2. The second-order valence-corrected chi connectivity index (χ2v) is 6.66. The molecule has 1 aliphatic rings. The smallest absolute Gasteiger partial charge is 0.322 e. The molecule has 1 heterocycles. The molecule has 20 heavy (non-hydrogen) atoms. The lowest BCUT2D eigenvalue weighted by Crippen LogP contribution is -2.40. The highest BCUT2D eigenvalue weighted by atomic mass is 35.5. The van der Waals surface area contributed by atoms with E-state index in [0.29, 0.717) is 4.31 Å². The third-order valence-electron chi connectivity index (χ3n) is 3.00. The lowest BCUT2D eigenvalue weighted by molar-refractivity contribution is -0.140. The van der Waals surface area contributed by atoms with Gasteiger partial charge in [0.2, 0.25) is 10.0 Å². The van der Waals surface area contributed by atoms with Crippen molar-refractivity contribution < 1.29 is 27.8 Å². The molecule has 0 unspecified atom stereocenters. The number of halogens is 2. The first kappa shape index (κ1) is 15.2. The Kier molecular flexibility index (Phi) is 4.01. The quantitative estimate of drug-likeness (QED) is 0.853. The van der Waals surface area contributed by atoms with E-state index in [9.17, 15) is 22.7 Å². The number of nitrogens with zero attached hydrogens (tertiary/aromatic N) is 1. The molecule has 2 atom stereocenters. The van der Waals surface area contributed by atoms with Crippen molar-refractivity contribution in [1.29, 1.82) is 0 Å². The molecule has 0 aliphatic carbocycles. The maximum Gasteiger partial charge on any atom is 0.322 e. The second-order valence-electron chi connectivity index (χ2n) is 4.39. The Bertz CT molecular complexity index is 650. The minimum absolute atomic E-state index is 0.201. The molecule has 0 amide bonds. The zero-order chi connectivity index (χ0) is 15.1. The van der Waals surface area contributed by atoms with Gasteiger partial charge in [0.25, 0.3) is 0 Å². The highest BCUT2D eigenvalue weighted by molar-refractivity contribution is 7.89. The Hall–Kier alpha value is -1.22. The summed E-state index contributed by atoms with van der Waals surface area (Å²) in [4.78, 5) is 10.7. The van der Waals surface area contributed by atoms with Gasteiger partial charge in [0.15, 0.2) is 0 Å². The van der Waals surface area contributed by atoms with Crippen LogP contribution in [0, 0.1) is 5.82 Å². The van der Waals surface area contributed by atoms with Crippen LogP contribution >= 0.6 is 11.6 Å². The largest absolute Gasteiger partial charge is 0.480 e. The zero-order valence-corrected chi connectivity index (χ0v) is 11.6. The van der Waals surface area contributed by atoms with Crippen LogP contribution in [0.4, 0.5) is 4.39 Å². The van der Waals surface area contributed by atoms with Crippen molar-refractivity contribution in [2.24, 2.45) is 0 Å². The Labute approximate surface area is 119 Å². The van der Waals surface area contributed by atoms with Crippen molar-refractivity contribution in [3.63, 3.8) is 0 Å². The lowest BCUT2D eigenvalue weighted by atomic mass is 10.2. The molecule has 6 nitrogen and oxygen atoms in total. The van der Waals surface area contributed by atoms with Gasteiger partial charge in [-0.2, -0.15) is 4.31 Å². The van der Waals surface area contributed by atoms with Gasteiger partial charge in [-0.1, -0.05) is 11.6 Å². The molecule has 0 bridgehead atoms. The molecule has 1 aromatic rings. The fraction of sp³-hybridized carbons (Fsp3) is 0.364. The normalized spacial score (nSPS) is 23.9. The van der Waals surface area contributed by atoms with Crippen molar-refractivity contribution in [3.8, 4) is 0 Å². The molecule has 2 N–H and O–H groups in total. The summed E-state index contributed by atoms with van der Waals surface area (Å²) in [6.07, 6.45) is -1.27. The van der Waals surface area contributed by atoms with E-state index in [1.165, 1.54) is 0 Å². The van der Waals surface area contributed by atoms with Crippen LogP contribution in [0.5, 0.6) is 0 Å². The van der Waals surface area contributed by atoms with E-state index in [2.05, 4.69) is 0 Å². The van der Waals surface area contributed by atoms with E-state index in [-0.39, 0.29) is 22.9 Å². The van der Waals surface area contributed by atoms with E-state index in [4.69, 9.17) is 16.7 Å². The Morgan fingerprint density at radius 3 is 2.65 bits per heavy atom. The van der Waals surface area contributed by atoms with E-state index in [1.54, 1.807) is 0 Å². The molecule has 2 rings (SSSR count). The minimum Gasteiger partial charge on any atom is -0.480 e. The van der Waals surface area contributed by atoms with Gasteiger partial charge in [0, 0.05) is 13.0 Å². The van der Waals surface area contributed by atoms with Crippen molar-refractivity contribution in [1.82, 2.24) is 4.31 Å². The first-order valence-electron chi connectivity index (χ1n) is 5.61. The number of benzene rings is 1. The van der Waals surface area contributed by atoms with Gasteiger partial charge in [0.05, 0.1) is 11.1 Å². The molecule has 0 saturated carbocycles. The maximum absolute atomic E-state index is 13.0. The molecule has 1 aliphatic heterocycles.